The van der Waals surface area contributed by atoms with Crippen molar-refractivity contribution in [2.24, 2.45) is 11.7 Å². The lowest BCUT2D eigenvalue weighted by Gasteiger charge is -2.34. The number of ether oxygens (including phenoxy) is 1. The highest BCUT2D eigenvalue weighted by Gasteiger charge is 2.32. The van der Waals surface area contributed by atoms with Gasteiger partial charge in [-0.25, -0.2) is 0 Å². The maximum absolute atomic E-state index is 12.2. The first-order chi connectivity index (χ1) is 9.10. The van der Waals surface area contributed by atoms with E-state index in [4.69, 9.17) is 10.5 Å². The first kappa shape index (κ1) is 15.9. The molecule has 0 saturated carbocycles. The van der Waals surface area contributed by atoms with Crippen molar-refractivity contribution in [3.63, 3.8) is 0 Å². The van der Waals surface area contributed by atoms with Crippen molar-refractivity contribution in [1.82, 2.24) is 10.2 Å². The molecular weight excluding hydrogens is 246 g/mol. The summed E-state index contributed by atoms with van der Waals surface area (Å²) in [7, 11) is 0. The van der Waals surface area contributed by atoms with Crippen molar-refractivity contribution in [2.45, 2.75) is 32.7 Å². The predicted molar refractivity (Wildman–Crippen MR) is 72.5 cm³/mol. The Labute approximate surface area is 114 Å². The van der Waals surface area contributed by atoms with Crippen molar-refractivity contribution < 1.29 is 14.3 Å². The van der Waals surface area contributed by atoms with Crippen LogP contribution in [0.15, 0.2) is 0 Å². The van der Waals surface area contributed by atoms with Gasteiger partial charge in [0.15, 0.2) is 0 Å². The third-order valence-electron chi connectivity index (χ3n) is 3.36. The van der Waals surface area contributed by atoms with E-state index in [1.54, 1.807) is 4.90 Å². The lowest BCUT2D eigenvalue weighted by molar-refractivity contribution is -0.148. The fourth-order valence-electron chi connectivity index (χ4n) is 2.04. The van der Waals surface area contributed by atoms with Crippen LogP contribution in [0.5, 0.6) is 0 Å². The van der Waals surface area contributed by atoms with Crippen LogP contribution < -0.4 is 11.1 Å². The Bertz CT molecular complexity index is 310. The first-order valence-corrected chi connectivity index (χ1v) is 6.95. The van der Waals surface area contributed by atoms with Gasteiger partial charge in [-0.15, -0.1) is 0 Å². The van der Waals surface area contributed by atoms with Gasteiger partial charge in [0.05, 0.1) is 13.2 Å². The molecule has 1 saturated heterocycles. The summed E-state index contributed by atoms with van der Waals surface area (Å²) in [5.74, 6) is 0.204. The Morgan fingerprint density at radius 2 is 2.26 bits per heavy atom. The average molecular weight is 271 g/mol. The summed E-state index contributed by atoms with van der Waals surface area (Å²) >= 11 is 0. The molecule has 2 atom stereocenters. The van der Waals surface area contributed by atoms with Crippen LogP contribution in [-0.4, -0.2) is 55.6 Å². The molecule has 1 fully saturated rings. The molecule has 6 nitrogen and oxygen atoms in total. The number of carbonyl (C=O) groups excluding carboxylic acids is 2. The molecule has 3 N–H and O–H groups in total. The summed E-state index contributed by atoms with van der Waals surface area (Å²) in [6, 6.07) is -0.491. The molecule has 1 aliphatic heterocycles. The second-order valence-electron chi connectivity index (χ2n) is 4.95. The van der Waals surface area contributed by atoms with Gasteiger partial charge in [0.1, 0.15) is 6.04 Å². The maximum atomic E-state index is 12.2. The Morgan fingerprint density at radius 3 is 2.89 bits per heavy atom. The van der Waals surface area contributed by atoms with Gasteiger partial charge < -0.3 is 20.7 Å². The summed E-state index contributed by atoms with van der Waals surface area (Å²) < 4.78 is 5.30. The van der Waals surface area contributed by atoms with Gasteiger partial charge in [0.25, 0.3) is 0 Å². The van der Waals surface area contributed by atoms with E-state index in [1.807, 2.05) is 13.8 Å². The van der Waals surface area contributed by atoms with E-state index in [-0.39, 0.29) is 18.4 Å². The third-order valence-corrected chi connectivity index (χ3v) is 3.36. The van der Waals surface area contributed by atoms with E-state index < -0.39 is 6.04 Å². The molecular formula is C13H25N3O3. The van der Waals surface area contributed by atoms with Crippen molar-refractivity contribution in [1.29, 1.82) is 0 Å². The van der Waals surface area contributed by atoms with Crippen LogP contribution in [0.25, 0.3) is 0 Å². The number of hydrogen-bond donors (Lipinski definition) is 2. The van der Waals surface area contributed by atoms with E-state index in [0.29, 0.717) is 38.6 Å². The Balaban J connectivity index is 2.55. The molecule has 0 aliphatic carbocycles. The van der Waals surface area contributed by atoms with E-state index >= 15 is 0 Å². The first-order valence-electron chi connectivity index (χ1n) is 6.95. The van der Waals surface area contributed by atoms with Crippen LogP contribution in [0.1, 0.15) is 26.7 Å². The van der Waals surface area contributed by atoms with Crippen LogP contribution in [0.2, 0.25) is 0 Å². The van der Waals surface area contributed by atoms with Gasteiger partial charge in [-0.3, -0.25) is 9.59 Å². The number of likely N-dealkylation sites (N-methyl/N-ethyl adjacent to an activating group) is 1. The fraction of sp³-hybridized carbons (Fsp3) is 0.846. The monoisotopic (exact) mass is 271 g/mol. The molecule has 6 heteroatoms. The molecule has 0 spiro atoms. The number of amides is 2. The second-order valence-corrected chi connectivity index (χ2v) is 4.95. The van der Waals surface area contributed by atoms with Gasteiger partial charge in [-0.2, -0.15) is 0 Å². The Kier molecular flexibility index (Phi) is 6.80. The lowest BCUT2D eigenvalue weighted by Crippen LogP contribution is -2.55. The van der Waals surface area contributed by atoms with Crippen molar-refractivity contribution >= 4 is 11.8 Å². The Hall–Kier alpha value is -1.14. The molecule has 1 rings (SSSR count). The number of nitrogens with zero attached hydrogens (tertiary/aromatic N) is 1. The second kappa shape index (κ2) is 8.12. The van der Waals surface area contributed by atoms with Crippen LogP contribution >= 0.6 is 0 Å². The minimum atomic E-state index is -0.491. The maximum Gasteiger partial charge on any atom is 0.245 e. The van der Waals surface area contributed by atoms with Crippen molar-refractivity contribution in [2.75, 3.05) is 32.8 Å². The third kappa shape index (κ3) is 4.80. The molecule has 0 aromatic carbocycles. The molecule has 0 aromatic heterocycles. The van der Waals surface area contributed by atoms with Crippen molar-refractivity contribution in [3.05, 3.63) is 0 Å². The average Bonchev–Trinajstić information content (AvgIpc) is 2.44. The number of hydrogen-bond acceptors (Lipinski definition) is 4. The molecule has 0 radical (unpaired) electrons. The van der Waals surface area contributed by atoms with Gasteiger partial charge in [-0.1, -0.05) is 6.92 Å². The van der Waals surface area contributed by atoms with Crippen LogP contribution in [0.3, 0.4) is 0 Å². The summed E-state index contributed by atoms with van der Waals surface area (Å²) in [6.45, 7) is 6.28. The number of carbonyl (C=O) groups is 2. The molecule has 2 amide bonds. The van der Waals surface area contributed by atoms with Crippen LogP contribution in [0.4, 0.5) is 0 Å². The summed E-state index contributed by atoms with van der Waals surface area (Å²) in [5, 5.41) is 2.74. The summed E-state index contributed by atoms with van der Waals surface area (Å²) in [6.07, 6.45) is 1.20. The van der Waals surface area contributed by atoms with Gasteiger partial charge in [-0.05, 0) is 25.8 Å². The summed E-state index contributed by atoms with van der Waals surface area (Å²) in [4.78, 5) is 25.7. The predicted octanol–water partition coefficient (Wildman–Crippen LogP) is -0.275. The van der Waals surface area contributed by atoms with Crippen LogP contribution in [0, 0.1) is 5.92 Å². The smallest absolute Gasteiger partial charge is 0.245 e. The van der Waals surface area contributed by atoms with E-state index in [9.17, 15) is 9.59 Å². The van der Waals surface area contributed by atoms with Crippen molar-refractivity contribution in [3.8, 4) is 0 Å². The zero-order chi connectivity index (χ0) is 14.3. The van der Waals surface area contributed by atoms with E-state index in [1.165, 1.54) is 0 Å². The highest BCUT2D eigenvalue weighted by atomic mass is 16.5. The SMILES string of the molecule is CCNC(=O)C1COCCN1C(=O)CCC(C)CN. The zero-order valence-corrected chi connectivity index (χ0v) is 11.9. The van der Waals surface area contributed by atoms with Crippen LogP contribution in [-0.2, 0) is 14.3 Å². The lowest BCUT2D eigenvalue weighted by atomic mass is 10.0. The molecule has 2 unspecified atom stereocenters. The standard InChI is InChI=1S/C13H25N3O3/c1-3-15-13(18)11-9-19-7-6-16(11)12(17)5-4-10(2)8-14/h10-11H,3-9,14H2,1-2H3,(H,15,18). The summed E-state index contributed by atoms with van der Waals surface area (Å²) in [5.41, 5.74) is 5.54. The highest BCUT2D eigenvalue weighted by molar-refractivity contribution is 5.88. The molecule has 1 aliphatic rings. The number of nitrogens with two attached hydrogens (primary N) is 1. The number of nitrogens with one attached hydrogen (secondary N) is 1. The number of morpholine rings is 1. The van der Waals surface area contributed by atoms with Gasteiger partial charge in [0.2, 0.25) is 11.8 Å². The molecule has 0 bridgehead atoms. The zero-order valence-electron chi connectivity index (χ0n) is 11.9. The largest absolute Gasteiger partial charge is 0.377 e. The van der Waals surface area contributed by atoms with E-state index in [2.05, 4.69) is 5.32 Å². The normalized spacial score (nSPS) is 21.0. The molecule has 1 heterocycles. The van der Waals surface area contributed by atoms with Gasteiger partial charge >= 0.3 is 0 Å². The molecule has 0 aromatic rings. The highest BCUT2D eigenvalue weighted by Crippen LogP contribution is 2.12. The van der Waals surface area contributed by atoms with Gasteiger partial charge in [0, 0.05) is 19.5 Å². The molecule has 110 valence electrons. The topological polar surface area (TPSA) is 84.7 Å². The minimum Gasteiger partial charge on any atom is -0.377 e. The Morgan fingerprint density at radius 1 is 1.53 bits per heavy atom. The van der Waals surface area contributed by atoms with E-state index in [0.717, 1.165) is 6.42 Å². The minimum absolute atomic E-state index is 0.0138. The quantitative estimate of drug-likeness (QED) is 0.696. The number of rotatable bonds is 6. The molecule has 19 heavy (non-hydrogen) atoms. The fourth-order valence-corrected chi connectivity index (χ4v) is 2.04.